The molecule has 2 atom stereocenters. The Bertz CT molecular complexity index is 1190. The van der Waals surface area contributed by atoms with Gasteiger partial charge in [-0.25, -0.2) is 9.40 Å². The lowest BCUT2D eigenvalue weighted by Crippen LogP contribution is -2.34. The first-order chi connectivity index (χ1) is 16.2. The maximum atomic E-state index is 14.0. The van der Waals surface area contributed by atoms with Crippen LogP contribution in [0.5, 0.6) is 5.75 Å². The van der Waals surface area contributed by atoms with Crippen molar-refractivity contribution in [2.75, 3.05) is 6.61 Å². The zero-order valence-corrected chi connectivity index (χ0v) is 18.2. The summed E-state index contributed by atoms with van der Waals surface area (Å²) in [4.78, 5) is 13.3. The third-order valence-corrected chi connectivity index (χ3v) is 6.23. The van der Waals surface area contributed by atoms with Gasteiger partial charge in [0.25, 0.3) is 5.91 Å². The van der Waals surface area contributed by atoms with E-state index in [1.54, 1.807) is 17.1 Å². The maximum absolute atomic E-state index is 14.0. The summed E-state index contributed by atoms with van der Waals surface area (Å²) in [7, 11) is 0. The second-order valence-electron chi connectivity index (χ2n) is 8.38. The van der Waals surface area contributed by atoms with Gasteiger partial charge in [0.1, 0.15) is 0 Å². The number of allylic oxidation sites excluding steroid dienone is 1. The minimum atomic E-state index is -0.487. The number of hydrogen-bond acceptors (Lipinski definition) is 3. The summed E-state index contributed by atoms with van der Waals surface area (Å²) in [5.74, 6) is -0.586. The zero-order chi connectivity index (χ0) is 22.6. The minimum absolute atomic E-state index is 0.0658. The molecule has 0 saturated heterocycles. The molecule has 1 aliphatic heterocycles. The van der Waals surface area contributed by atoms with Crippen molar-refractivity contribution in [3.8, 4) is 5.75 Å². The first-order valence-corrected chi connectivity index (χ1v) is 11.3. The van der Waals surface area contributed by atoms with Crippen LogP contribution in [0.15, 0.2) is 95.6 Å². The molecule has 0 unspecified atom stereocenters. The summed E-state index contributed by atoms with van der Waals surface area (Å²) in [5, 5.41) is 6.39. The van der Waals surface area contributed by atoms with Crippen molar-refractivity contribution in [2.24, 2.45) is 11.0 Å². The van der Waals surface area contributed by atoms with Crippen LogP contribution in [0.3, 0.4) is 0 Å². The van der Waals surface area contributed by atoms with Crippen molar-refractivity contribution in [1.29, 1.82) is 0 Å². The molecule has 0 radical (unpaired) electrons. The molecule has 0 N–H and O–H groups in total. The van der Waals surface area contributed by atoms with E-state index in [9.17, 15) is 9.18 Å². The molecule has 3 aromatic carbocycles. The molecular formula is C28H25FN2O2. The van der Waals surface area contributed by atoms with Gasteiger partial charge in [-0.15, -0.1) is 0 Å². The van der Waals surface area contributed by atoms with Crippen LogP contribution < -0.4 is 4.74 Å². The van der Waals surface area contributed by atoms with Gasteiger partial charge in [-0.05, 0) is 54.2 Å². The van der Waals surface area contributed by atoms with Gasteiger partial charge in [-0.1, -0.05) is 72.8 Å². The van der Waals surface area contributed by atoms with Crippen LogP contribution in [0.25, 0.3) is 6.08 Å². The average Bonchev–Trinajstić information content (AvgIpc) is 3.25. The summed E-state index contributed by atoms with van der Waals surface area (Å²) < 4.78 is 19.5. The van der Waals surface area contributed by atoms with Crippen molar-refractivity contribution in [3.63, 3.8) is 0 Å². The van der Waals surface area contributed by atoms with Crippen molar-refractivity contribution in [3.05, 3.63) is 107 Å². The molecule has 3 aromatic rings. The van der Waals surface area contributed by atoms with Gasteiger partial charge in [0.2, 0.25) is 0 Å². The van der Waals surface area contributed by atoms with E-state index in [-0.39, 0.29) is 30.2 Å². The topological polar surface area (TPSA) is 41.9 Å². The normalized spacial score (nSPS) is 20.9. The Kier molecular flexibility index (Phi) is 6.03. The summed E-state index contributed by atoms with van der Waals surface area (Å²) in [5.41, 5.74) is 4.31. The van der Waals surface area contributed by atoms with Gasteiger partial charge in [-0.2, -0.15) is 5.10 Å². The lowest BCUT2D eigenvalue weighted by atomic mass is 9.77. The summed E-state index contributed by atoms with van der Waals surface area (Å²) >= 11 is 0. The molecular weight excluding hydrogens is 415 g/mol. The van der Waals surface area contributed by atoms with Crippen molar-refractivity contribution < 1.29 is 13.9 Å². The highest BCUT2D eigenvalue weighted by Crippen LogP contribution is 2.44. The molecule has 1 aliphatic carbocycles. The Labute approximate surface area is 193 Å². The Balaban J connectivity index is 1.46. The summed E-state index contributed by atoms with van der Waals surface area (Å²) in [6.07, 6.45) is 5.11. The third-order valence-electron chi connectivity index (χ3n) is 6.23. The van der Waals surface area contributed by atoms with Crippen molar-refractivity contribution in [2.45, 2.75) is 25.3 Å². The Morgan fingerprint density at radius 1 is 1.00 bits per heavy atom. The molecule has 0 bridgehead atoms. The standard InChI is InChI=1S/C28H25FN2O2/c29-24-16-7-8-17-25(24)33-19-26(32)31-28(21-12-5-2-6-13-21)23-15-9-14-22(27(23)30-31)18-20-10-3-1-4-11-20/h1-8,10-13,16-18,23,28H,9,14-15,19H2/b22-18-/t23-,28+/m0/s1. The number of halogens is 1. The quantitative estimate of drug-likeness (QED) is 0.486. The van der Waals surface area contributed by atoms with Crippen molar-refractivity contribution >= 4 is 17.7 Å². The van der Waals surface area contributed by atoms with Gasteiger partial charge >= 0.3 is 0 Å². The van der Waals surface area contributed by atoms with Gasteiger partial charge in [-0.3, -0.25) is 4.79 Å². The number of fused-ring (bicyclic) bond motifs is 1. The predicted octanol–water partition coefficient (Wildman–Crippen LogP) is 6.03. The van der Waals surface area contributed by atoms with Crippen LogP contribution in [-0.2, 0) is 4.79 Å². The molecule has 33 heavy (non-hydrogen) atoms. The van der Waals surface area contributed by atoms with Crippen LogP contribution in [0.4, 0.5) is 4.39 Å². The molecule has 4 nitrogen and oxygen atoms in total. The maximum Gasteiger partial charge on any atom is 0.281 e. The van der Waals surface area contributed by atoms with Crippen LogP contribution >= 0.6 is 0 Å². The molecule has 1 amide bonds. The Morgan fingerprint density at radius 3 is 2.45 bits per heavy atom. The van der Waals surface area contributed by atoms with Crippen LogP contribution in [-0.4, -0.2) is 23.2 Å². The molecule has 0 aromatic heterocycles. The SMILES string of the molecule is O=C(COc1ccccc1F)N1N=C2/C(=C\c3ccccc3)CCC[C@@H]2[C@H]1c1ccccc1. The van der Waals surface area contributed by atoms with Gasteiger partial charge in [0.15, 0.2) is 18.2 Å². The number of benzene rings is 3. The lowest BCUT2D eigenvalue weighted by Gasteiger charge is -2.29. The minimum Gasteiger partial charge on any atom is -0.481 e. The molecule has 1 heterocycles. The molecule has 5 heteroatoms. The highest BCUT2D eigenvalue weighted by molar-refractivity contribution is 6.08. The Hall–Kier alpha value is -3.73. The smallest absolute Gasteiger partial charge is 0.281 e. The van der Waals surface area contributed by atoms with E-state index in [2.05, 4.69) is 18.2 Å². The first-order valence-electron chi connectivity index (χ1n) is 11.3. The molecule has 2 aliphatic rings. The van der Waals surface area contributed by atoms with Gasteiger partial charge < -0.3 is 4.74 Å². The van der Waals surface area contributed by atoms with Gasteiger partial charge in [0.05, 0.1) is 11.8 Å². The Morgan fingerprint density at radius 2 is 1.70 bits per heavy atom. The van der Waals surface area contributed by atoms with Crippen molar-refractivity contribution in [1.82, 2.24) is 5.01 Å². The van der Waals surface area contributed by atoms with Crippen LogP contribution in [0.2, 0.25) is 0 Å². The fourth-order valence-electron chi connectivity index (χ4n) is 4.71. The van der Waals surface area contributed by atoms with E-state index >= 15 is 0 Å². The number of ether oxygens (including phenoxy) is 1. The monoisotopic (exact) mass is 440 g/mol. The average molecular weight is 441 g/mol. The number of amides is 1. The highest BCUT2D eigenvalue weighted by atomic mass is 19.1. The second-order valence-corrected chi connectivity index (χ2v) is 8.38. The van der Waals surface area contributed by atoms with Gasteiger partial charge in [0, 0.05) is 5.92 Å². The third kappa shape index (κ3) is 4.44. The molecule has 166 valence electrons. The molecule has 0 spiro atoms. The first kappa shape index (κ1) is 21.1. The lowest BCUT2D eigenvalue weighted by molar-refractivity contribution is -0.135. The van der Waals surface area contributed by atoms with E-state index in [0.29, 0.717) is 0 Å². The molecule has 1 saturated carbocycles. The molecule has 1 fully saturated rings. The number of carbonyl (C=O) groups excluding carboxylic acids is 1. The van der Waals surface area contributed by atoms with E-state index < -0.39 is 5.82 Å². The number of hydrazone groups is 1. The zero-order valence-electron chi connectivity index (χ0n) is 18.2. The van der Waals surface area contributed by atoms with E-state index in [1.807, 2.05) is 48.5 Å². The van der Waals surface area contributed by atoms with Crippen LogP contribution in [0.1, 0.15) is 36.4 Å². The van der Waals surface area contributed by atoms with E-state index in [4.69, 9.17) is 9.84 Å². The molecule has 5 rings (SSSR count). The fourth-order valence-corrected chi connectivity index (χ4v) is 4.71. The number of hydrogen-bond donors (Lipinski definition) is 0. The summed E-state index contributed by atoms with van der Waals surface area (Å²) in [6, 6.07) is 26.1. The predicted molar refractivity (Wildman–Crippen MR) is 127 cm³/mol. The fraction of sp³-hybridized carbons (Fsp3) is 0.214. The summed E-state index contributed by atoms with van der Waals surface area (Å²) in [6.45, 7) is -0.272. The number of carbonyl (C=O) groups is 1. The largest absolute Gasteiger partial charge is 0.481 e. The second kappa shape index (κ2) is 9.41. The van der Waals surface area contributed by atoms with Crippen LogP contribution in [0, 0.1) is 11.7 Å². The number of rotatable bonds is 5. The number of para-hydroxylation sites is 1. The number of nitrogens with zero attached hydrogens (tertiary/aromatic N) is 2. The highest BCUT2D eigenvalue weighted by Gasteiger charge is 2.43. The van der Waals surface area contributed by atoms with E-state index in [0.717, 1.165) is 36.1 Å². The van der Waals surface area contributed by atoms with E-state index in [1.165, 1.54) is 17.7 Å².